The van der Waals surface area contributed by atoms with Crippen LogP contribution in [0.25, 0.3) is 149 Å². The summed E-state index contributed by atoms with van der Waals surface area (Å²) in [5.41, 5.74) is 36.1. The number of rotatable bonds is 25. The van der Waals surface area contributed by atoms with Gasteiger partial charge < -0.3 is 33.1 Å². The molecule has 0 aliphatic heterocycles. The molecule has 9 heteroatoms. The molecule has 24 rings (SSSR count). The van der Waals surface area contributed by atoms with Crippen molar-refractivity contribution >= 4 is 117 Å². The van der Waals surface area contributed by atoms with Crippen LogP contribution in [0.15, 0.2) is 516 Å². The molecule has 708 valence electrons. The highest BCUT2D eigenvalue weighted by Crippen LogP contribution is 2.46. The van der Waals surface area contributed by atoms with Gasteiger partial charge in [-0.25, -0.2) is 8.78 Å². The van der Waals surface area contributed by atoms with E-state index in [4.69, 9.17) is 4.74 Å². The van der Waals surface area contributed by atoms with Crippen LogP contribution in [0.2, 0.25) is 0 Å². The van der Waals surface area contributed by atoms with Gasteiger partial charge in [-0.1, -0.05) is 331 Å². The molecular weight excluding hydrogens is 1780 g/mol. The smallest absolute Gasteiger partial charge is 0.128 e. The van der Waals surface area contributed by atoms with Crippen LogP contribution in [-0.4, -0.2) is 20.8 Å². The molecule has 0 aliphatic rings. The van der Waals surface area contributed by atoms with Gasteiger partial charge in [0.05, 0.1) is 45.9 Å². The fourth-order valence-electron chi connectivity index (χ4n) is 20.5. The van der Waals surface area contributed by atoms with E-state index < -0.39 is 11.6 Å². The summed E-state index contributed by atoms with van der Waals surface area (Å²) in [6, 6.07) is 181. The Morgan fingerprint density at radius 3 is 0.781 bits per heavy atom. The Balaban J connectivity index is 0.000000125. The highest BCUT2D eigenvalue weighted by atomic mass is 19.1. The minimum Gasteiger partial charge on any atom is -0.497 e. The number of halogens is 2. The first kappa shape index (κ1) is 93.1. The first-order valence-corrected chi connectivity index (χ1v) is 50.5. The second-order valence-corrected chi connectivity index (χ2v) is 38.3. The summed E-state index contributed by atoms with van der Waals surface area (Å²) in [5.74, 6) is 0.970. The topological polar surface area (TPSA) is 33.7 Å². The standard InChI is InChI=1S/C52H50N2.C43H32N2O.C42H28F2N2/c1-37(2)20-22-39-12-10-16-47(34-39)53(48-17-11-13-40(35-48)23-21-38(3)4)46-31-28-42(29-32-46)41-24-26-43(27-25-41)44-30-33-52-50(36-44)49-18-8-9-19-51(49)54(52)45-14-6-5-7-15-45;1-46-39-27-20-34(21-28-39)33-18-24-37(25-19-33)44(36-22-16-32(17-23-36)31-10-4-2-5-11-31)38-26-29-43-41(30-38)40-14-8-9-15-42(40)45(43)35-12-6-3-7-13-35;43-33-26-34(44)28-38(27-33)45(36-20-15-30(16-21-36)29-9-3-1-4-10-29)37-22-17-31(18-23-37)32-19-24-42-40(25-32)39-13-7-8-14-41(39)46(42)35-11-5-2-6-12-35/h5-19,24-38H,20-23H2,1-4H3;2-30H,1H3;1-28H. The normalized spacial score (nSPS) is 11.3. The number of nitrogens with zero attached hydrogens (tertiary/aromatic N) is 6. The van der Waals surface area contributed by atoms with Crippen LogP contribution in [0.1, 0.15) is 51.7 Å². The third-order valence-corrected chi connectivity index (χ3v) is 27.9. The molecule has 0 unspecified atom stereocenters. The summed E-state index contributed by atoms with van der Waals surface area (Å²) in [5, 5.41) is 7.37. The molecule has 0 bridgehead atoms. The van der Waals surface area contributed by atoms with Crippen molar-refractivity contribution in [3.63, 3.8) is 0 Å². The number of benzene rings is 21. The maximum Gasteiger partial charge on any atom is 0.128 e. The van der Waals surface area contributed by atoms with Crippen LogP contribution < -0.4 is 19.4 Å². The molecule has 0 spiro atoms. The highest BCUT2D eigenvalue weighted by molar-refractivity contribution is 6.13. The Kier molecular flexibility index (Phi) is 26.8. The van der Waals surface area contributed by atoms with Crippen molar-refractivity contribution in [3.8, 4) is 89.6 Å². The predicted molar refractivity (Wildman–Crippen MR) is 612 cm³/mol. The molecule has 0 fully saturated rings. The van der Waals surface area contributed by atoms with Crippen molar-refractivity contribution in [3.05, 3.63) is 538 Å². The molecule has 21 aromatic carbocycles. The lowest BCUT2D eigenvalue weighted by atomic mass is 9.98. The van der Waals surface area contributed by atoms with Crippen molar-refractivity contribution in [2.45, 2.75) is 53.4 Å². The summed E-state index contributed by atoms with van der Waals surface area (Å²) in [4.78, 5) is 6.65. The summed E-state index contributed by atoms with van der Waals surface area (Å²) in [6.45, 7) is 9.22. The van der Waals surface area contributed by atoms with Crippen molar-refractivity contribution in [1.82, 2.24) is 13.7 Å². The van der Waals surface area contributed by atoms with E-state index in [-0.39, 0.29) is 0 Å². The fourth-order valence-corrected chi connectivity index (χ4v) is 20.5. The van der Waals surface area contributed by atoms with E-state index in [1.807, 2.05) is 77.7 Å². The van der Waals surface area contributed by atoms with Crippen molar-refractivity contribution in [2.75, 3.05) is 21.8 Å². The maximum absolute atomic E-state index is 14.5. The molecule has 3 heterocycles. The lowest BCUT2D eigenvalue weighted by Gasteiger charge is -2.27. The zero-order chi connectivity index (χ0) is 98.9. The van der Waals surface area contributed by atoms with E-state index in [9.17, 15) is 8.78 Å². The third kappa shape index (κ3) is 19.7. The monoisotopic (exact) mass is 1890 g/mol. The predicted octanol–water partition coefficient (Wildman–Crippen LogP) is 38.2. The SMILES string of the molecule is CC(C)CCc1cccc(N(c2ccc(-c3ccc(-c4ccc5c(c4)c4ccccc4n5-c4ccccc4)cc3)cc2)c2cccc(CCC(C)C)c2)c1.COc1ccc(-c2ccc(N(c3ccc(-c4ccccc4)cc3)c3ccc4c(c3)c3ccccc3n4-c3ccccc3)cc2)cc1.Fc1cc(F)cc(N(c2ccc(-c3ccccc3)cc2)c2ccc(-c3ccc4c(c3)c3ccccc3n4-c3ccccc3)cc2)c1. The molecule has 0 saturated carbocycles. The van der Waals surface area contributed by atoms with Gasteiger partial charge in [-0.05, 0) is 322 Å². The van der Waals surface area contributed by atoms with Gasteiger partial charge >= 0.3 is 0 Å². The lowest BCUT2D eigenvalue weighted by molar-refractivity contribution is 0.415. The molecule has 0 aliphatic carbocycles. The van der Waals surface area contributed by atoms with Crippen molar-refractivity contribution in [1.29, 1.82) is 0 Å². The average Bonchev–Trinajstić information content (AvgIpc) is 1.59. The minimum absolute atomic E-state index is 0.410. The molecule has 7 nitrogen and oxygen atoms in total. The number of hydrogen-bond acceptors (Lipinski definition) is 4. The molecule has 0 N–H and O–H groups in total. The number of anilines is 9. The molecule has 0 saturated heterocycles. The summed E-state index contributed by atoms with van der Waals surface area (Å²) in [7, 11) is 1.70. The van der Waals surface area contributed by atoms with E-state index in [0.29, 0.717) is 17.5 Å². The number of aryl methyl sites for hydroxylation is 2. The van der Waals surface area contributed by atoms with Gasteiger partial charge in [0.1, 0.15) is 17.4 Å². The average molecular weight is 1890 g/mol. The van der Waals surface area contributed by atoms with Crippen LogP contribution in [0.4, 0.5) is 60.0 Å². The molecule has 24 aromatic rings. The Bertz CT molecular complexity index is 8590. The number of para-hydroxylation sites is 6. The minimum atomic E-state index is -0.625. The van der Waals surface area contributed by atoms with Gasteiger partial charge in [-0.2, -0.15) is 0 Å². The zero-order valence-electron chi connectivity index (χ0n) is 82.4. The molecular formula is C137H110F2N6O. The van der Waals surface area contributed by atoms with E-state index in [1.165, 1.54) is 147 Å². The first-order chi connectivity index (χ1) is 71.8. The highest BCUT2D eigenvalue weighted by Gasteiger charge is 2.24. The van der Waals surface area contributed by atoms with Crippen LogP contribution in [0.5, 0.6) is 5.75 Å². The molecule has 146 heavy (non-hydrogen) atoms. The number of ether oxygens (including phenoxy) is 1. The Morgan fingerprint density at radius 2 is 0.445 bits per heavy atom. The fraction of sp³-hybridized carbons (Fsp3) is 0.0803. The van der Waals surface area contributed by atoms with Crippen molar-refractivity contribution in [2.24, 2.45) is 11.8 Å². The molecule has 0 radical (unpaired) electrons. The third-order valence-electron chi connectivity index (χ3n) is 27.9. The van der Waals surface area contributed by atoms with Crippen LogP contribution >= 0.6 is 0 Å². The molecule has 0 atom stereocenters. The number of fused-ring (bicyclic) bond motifs is 9. The quantitative estimate of drug-likeness (QED) is 0.0571. The maximum atomic E-state index is 14.5. The Morgan fingerprint density at radius 1 is 0.199 bits per heavy atom. The second kappa shape index (κ2) is 42.1. The largest absolute Gasteiger partial charge is 0.497 e. The molecule has 3 aromatic heterocycles. The summed E-state index contributed by atoms with van der Waals surface area (Å²) in [6.07, 6.45) is 4.56. The van der Waals surface area contributed by atoms with E-state index in [1.54, 1.807) is 7.11 Å². The van der Waals surface area contributed by atoms with Gasteiger partial charge in [0, 0.05) is 101 Å². The van der Waals surface area contributed by atoms with Gasteiger partial charge in [-0.15, -0.1) is 0 Å². The first-order valence-electron chi connectivity index (χ1n) is 50.5. The van der Waals surface area contributed by atoms with E-state index in [2.05, 4.69) is 476 Å². The van der Waals surface area contributed by atoms with Crippen molar-refractivity contribution < 1.29 is 13.5 Å². The van der Waals surface area contributed by atoms with E-state index in [0.717, 1.165) is 109 Å². The van der Waals surface area contributed by atoms with E-state index >= 15 is 0 Å². The van der Waals surface area contributed by atoms with Crippen LogP contribution in [-0.2, 0) is 12.8 Å². The van der Waals surface area contributed by atoms with Gasteiger partial charge in [0.25, 0.3) is 0 Å². The summed E-state index contributed by atoms with van der Waals surface area (Å²) < 4.78 is 41.3. The zero-order valence-corrected chi connectivity index (χ0v) is 82.4. The van der Waals surface area contributed by atoms with Gasteiger partial charge in [0.15, 0.2) is 0 Å². The Hall–Kier alpha value is -17.9. The number of aromatic nitrogens is 3. The number of methoxy groups -OCH3 is 1. The number of hydrogen-bond donors (Lipinski definition) is 0. The van der Waals surface area contributed by atoms with Crippen LogP contribution in [0, 0.1) is 23.5 Å². The summed E-state index contributed by atoms with van der Waals surface area (Å²) >= 11 is 0. The lowest BCUT2D eigenvalue weighted by Crippen LogP contribution is -2.11. The Labute approximate surface area is 852 Å². The van der Waals surface area contributed by atoms with Gasteiger partial charge in [-0.3, -0.25) is 0 Å². The second-order valence-electron chi connectivity index (χ2n) is 38.3. The van der Waals surface area contributed by atoms with Gasteiger partial charge in [0.2, 0.25) is 0 Å². The molecule has 0 amide bonds. The van der Waals surface area contributed by atoms with Crippen LogP contribution in [0.3, 0.4) is 0 Å².